The second kappa shape index (κ2) is 8.49. The molecule has 0 bridgehead atoms. The lowest BCUT2D eigenvalue weighted by atomic mass is 10.00. The minimum Gasteiger partial charge on any atom is -0.481 e. The maximum atomic E-state index is 13.9. The van der Waals surface area contributed by atoms with Gasteiger partial charge >= 0.3 is 12.0 Å². The van der Waals surface area contributed by atoms with Crippen LogP contribution in [0, 0.1) is 5.82 Å². The van der Waals surface area contributed by atoms with Crippen LogP contribution in [0.2, 0.25) is 5.02 Å². The number of hydrogen-bond donors (Lipinski definition) is 2. The van der Waals surface area contributed by atoms with Gasteiger partial charge in [0.25, 0.3) is 0 Å². The summed E-state index contributed by atoms with van der Waals surface area (Å²) in [5.41, 5.74) is 0.764. The zero-order chi connectivity index (χ0) is 18.6. The number of nitrogens with one attached hydrogen (secondary N) is 1. The van der Waals surface area contributed by atoms with Crippen molar-refractivity contribution in [2.45, 2.75) is 31.8 Å². The molecule has 2 amide bonds. The van der Waals surface area contributed by atoms with Crippen LogP contribution in [0.5, 0.6) is 0 Å². The molecule has 1 aliphatic rings. The van der Waals surface area contributed by atoms with Gasteiger partial charge in [-0.05, 0) is 30.7 Å². The van der Waals surface area contributed by atoms with Crippen molar-refractivity contribution in [1.82, 2.24) is 15.1 Å². The van der Waals surface area contributed by atoms with Crippen LogP contribution in [0.4, 0.5) is 9.18 Å². The first-order valence-corrected chi connectivity index (χ1v) is 8.63. The van der Waals surface area contributed by atoms with Gasteiger partial charge in [-0.3, -0.25) is 9.69 Å². The van der Waals surface area contributed by atoms with Crippen molar-refractivity contribution in [2.24, 2.45) is 0 Å². The molecule has 0 saturated carbocycles. The fourth-order valence-corrected chi connectivity index (χ4v) is 3.25. The van der Waals surface area contributed by atoms with Gasteiger partial charge in [-0.1, -0.05) is 24.6 Å². The van der Waals surface area contributed by atoms with Gasteiger partial charge in [-0.2, -0.15) is 0 Å². The molecule has 2 atom stereocenters. The number of rotatable bonds is 6. The second-order valence-corrected chi connectivity index (χ2v) is 6.56. The lowest BCUT2D eigenvalue weighted by Gasteiger charge is -2.29. The van der Waals surface area contributed by atoms with Crippen molar-refractivity contribution in [3.63, 3.8) is 0 Å². The second-order valence-electron chi connectivity index (χ2n) is 6.16. The van der Waals surface area contributed by atoms with Crippen LogP contribution in [0.15, 0.2) is 18.2 Å². The van der Waals surface area contributed by atoms with E-state index in [1.165, 1.54) is 17.0 Å². The fourth-order valence-electron chi connectivity index (χ4n) is 3.14. The molecule has 0 radical (unpaired) electrons. The summed E-state index contributed by atoms with van der Waals surface area (Å²) in [4.78, 5) is 26.5. The Morgan fingerprint density at radius 1 is 1.48 bits per heavy atom. The van der Waals surface area contributed by atoms with Gasteiger partial charge in [0.2, 0.25) is 0 Å². The number of halogens is 2. The Morgan fingerprint density at radius 3 is 2.80 bits per heavy atom. The predicted octanol–water partition coefficient (Wildman–Crippen LogP) is 2.73. The van der Waals surface area contributed by atoms with E-state index in [9.17, 15) is 14.0 Å². The van der Waals surface area contributed by atoms with Crippen LogP contribution >= 0.6 is 11.6 Å². The van der Waals surface area contributed by atoms with Crippen molar-refractivity contribution < 1.29 is 19.1 Å². The number of benzene rings is 1. The Kier molecular flexibility index (Phi) is 6.61. The molecule has 1 heterocycles. The van der Waals surface area contributed by atoms with Gasteiger partial charge in [0, 0.05) is 20.1 Å². The molecule has 1 fully saturated rings. The first-order chi connectivity index (χ1) is 11.8. The number of carbonyl (C=O) groups is 2. The van der Waals surface area contributed by atoms with Crippen molar-refractivity contribution >= 4 is 23.6 Å². The molecule has 138 valence electrons. The molecule has 0 aromatic heterocycles. The quantitative estimate of drug-likeness (QED) is 0.806. The van der Waals surface area contributed by atoms with Crippen LogP contribution in [0.25, 0.3) is 0 Å². The average Bonchev–Trinajstić information content (AvgIpc) is 2.97. The van der Waals surface area contributed by atoms with Crippen LogP contribution in [0.3, 0.4) is 0 Å². The topological polar surface area (TPSA) is 72.9 Å². The number of carboxylic acids is 1. The van der Waals surface area contributed by atoms with Crippen molar-refractivity contribution in [3.05, 3.63) is 34.6 Å². The van der Waals surface area contributed by atoms with E-state index in [1.54, 1.807) is 13.1 Å². The number of likely N-dealkylation sites (tertiary alicyclic amines) is 1. The van der Waals surface area contributed by atoms with Crippen LogP contribution in [-0.2, 0) is 4.79 Å². The maximum absolute atomic E-state index is 13.9. The van der Waals surface area contributed by atoms with E-state index in [4.69, 9.17) is 16.7 Å². The average molecular weight is 372 g/mol. The minimum atomic E-state index is -0.952. The molecule has 2 rings (SSSR count). The van der Waals surface area contributed by atoms with Crippen LogP contribution < -0.4 is 5.32 Å². The summed E-state index contributed by atoms with van der Waals surface area (Å²) in [6.07, 6.45) is 0.628. The minimum absolute atomic E-state index is 0.0683. The van der Waals surface area contributed by atoms with Crippen molar-refractivity contribution in [2.75, 3.05) is 26.7 Å². The Labute approximate surface area is 151 Å². The molecular formula is C17H23ClFN3O3. The van der Waals surface area contributed by atoms with E-state index < -0.39 is 11.8 Å². The summed E-state index contributed by atoms with van der Waals surface area (Å²) < 4.78 is 13.9. The Balaban J connectivity index is 2.11. The number of nitrogens with zero attached hydrogens (tertiary/aromatic N) is 2. The number of carboxylic acid groups (broad SMARTS) is 1. The first-order valence-electron chi connectivity index (χ1n) is 8.26. The summed E-state index contributed by atoms with van der Waals surface area (Å²) >= 11 is 5.77. The maximum Gasteiger partial charge on any atom is 0.317 e. The number of amides is 2. The lowest BCUT2D eigenvalue weighted by Crippen LogP contribution is -2.46. The Hall–Kier alpha value is -1.86. The summed E-state index contributed by atoms with van der Waals surface area (Å²) in [5.74, 6) is -1.43. The zero-order valence-corrected chi connectivity index (χ0v) is 15.1. The summed E-state index contributed by atoms with van der Waals surface area (Å²) in [5, 5.41) is 11.7. The number of likely N-dealkylation sites (N-methyl/N-ethyl adjacent to an activating group) is 1. The molecule has 1 aliphatic heterocycles. The molecule has 6 nitrogen and oxygen atoms in total. The smallest absolute Gasteiger partial charge is 0.317 e. The third-order valence-corrected chi connectivity index (χ3v) is 4.82. The van der Waals surface area contributed by atoms with E-state index in [-0.39, 0.29) is 36.1 Å². The van der Waals surface area contributed by atoms with E-state index in [1.807, 2.05) is 6.92 Å². The number of aliphatic carboxylic acids is 1. The van der Waals surface area contributed by atoms with Gasteiger partial charge in [-0.15, -0.1) is 0 Å². The van der Waals surface area contributed by atoms with Gasteiger partial charge in [-0.25, -0.2) is 9.18 Å². The Bertz CT molecular complexity index is 644. The van der Waals surface area contributed by atoms with Gasteiger partial charge in [0.05, 0.1) is 23.5 Å². The van der Waals surface area contributed by atoms with Gasteiger partial charge in [0.1, 0.15) is 5.82 Å². The molecule has 2 N–H and O–H groups in total. The van der Waals surface area contributed by atoms with E-state index in [2.05, 4.69) is 10.2 Å². The van der Waals surface area contributed by atoms with Crippen molar-refractivity contribution in [1.29, 1.82) is 0 Å². The number of urea groups is 1. The lowest BCUT2D eigenvalue weighted by molar-refractivity contribution is -0.137. The fraction of sp³-hybridized carbons (Fsp3) is 0.529. The summed E-state index contributed by atoms with van der Waals surface area (Å²) in [6, 6.07) is 4.06. The molecule has 25 heavy (non-hydrogen) atoms. The highest BCUT2D eigenvalue weighted by molar-refractivity contribution is 6.30. The third-order valence-electron chi connectivity index (χ3n) is 4.51. The molecule has 1 saturated heterocycles. The van der Waals surface area contributed by atoms with Gasteiger partial charge in [0.15, 0.2) is 0 Å². The summed E-state index contributed by atoms with van der Waals surface area (Å²) in [7, 11) is 1.56. The van der Waals surface area contributed by atoms with Gasteiger partial charge < -0.3 is 15.3 Å². The third kappa shape index (κ3) is 4.83. The standard InChI is InChI=1S/C17H23ClFN3O3/c1-3-22-9-6-14(20-17(25)21(2)8-7-15(23)24)16(22)11-4-5-12(18)13(19)10-11/h4-5,10,14,16H,3,6-9H2,1-2H3,(H,20,25)(H,23,24). The molecule has 1 aromatic rings. The van der Waals surface area contributed by atoms with E-state index in [0.717, 1.165) is 25.1 Å². The SMILES string of the molecule is CCN1CCC(NC(=O)N(C)CCC(=O)O)C1c1ccc(Cl)c(F)c1. The highest BCUT2D eigenvalue weighted by atomic mass is 35.5. The molecule has 0 spiro atoms. The Morgan fingerprint density at radius 2 is 2.20 bits per heavy atom. The number of carbonyl (C=O) groups excluding carboxylic acids is 1. The molecule has 1 aromatic carbocycles. The summed E-state index contributed by atoms with van der Waals surface area (Å²) in [6.45, 7) is 3.71. The largest absolute Gasteiger partial charge is 0.481 e. The van der Waals surface area contributed by atoms with Crippen LogP contribution in [-0.4, -0.2) is 59.6 Å². The normalized spacial score (nSPS) is 20.5. The molecule has 0 aliphatic carbocycles. The molecule has 8 heteroatoms. The molecular weight excluding hydrogens is 349 g/mol. The highest BCUT2D eigenvalue weighted by Crippen LogP contribution is 2.33. The van der Waals surface area contributed by atoms with E-state index >= 15 is 0 Å². The first kappa shape index (κ1) is 19.5. The van der Waals surface area contributed by atoms with Crippen LogP contribution in [0.1, 0.15) is 31.4 Å². The predicted molar refractivity (Wildman–Crippen MR) is 93.2 cm³/mol. The monoisotopic (exact) mass is 371 g/mol. The number of hydrogen-bond acceptors (Lipinski definition) is 3. The zero-order valence-electron chi connectivity index (χ0n) is 14.3. The highest BCUT2D eigenvalue weighted by Gasteiger charge is 2.36. The van der Waals surface area contributed by atoms with E-state index in [0.29, 0.717) is 0 Å². The molecule has 2 unspecified atom stereocenters. The van der Waals surface area contributed by atoms with Crippen molar-refractivity contribution in [3.8, 4) is 0 Å².